The van der Waals surface area contributed by atoms with Crippen molar-refractivity contribution < 1.29 is 19.2 Å². The fraction of sp³-hybridized carbons (Fsp3) is 0.867. The highest BCUT2D eigenvalue weighted by molar-refractivity contribution is 7.98. The Balaban J connectivity index is 1.80. The van der Waals surface area contributed by atoms with Crippen LogP contribution in [0.15, 0.2) is 0 Å². The molecule has 2 aliphatic rings. The molecule has 1 unspecified atom stereocenters. The zero-order chi connectivity index (χ0) is 17.1. The van der Waals surface area contributed by atoms with Crippen LogP contribution in [0.3, 0.4) is 0 Å². The van der Waals surface area contributed by atoms with Gasteiger partial charge in [0.05, 0.1) is 11.7 Å². The first-order valence-electron chi connectivity index (χ1n) is 7.98. The van der Waals surface area contributed by atoms with Crippen LogP contribution in [0.2, 0.25) is 0 Å². The van der Waals surface area contributed by atoms with Crippen LogP contribution in [-0.4, -0.2) is 59.5 Å². The maximum Gasteiger partial charge on any atom is 0.528 e. The molecule has 2 N–H and O–H groups in total. The average molecular weight is 345 g/mol. The van der Waals surface area contributed by atoms with Gasteiger partial charge in [-0.25, -0.2) is 4.79 Å². The highest BCUT2D eigenvalue weighted by atomic mass is 32.2. The standard InChI is InChI=1S/C15H27N3O4S/c1-14(2,3)21-13(20)22-18-8-6-15(7-9-18)16-11(5-10-23-4)12(19)17-15/h11,16H,5-10H2,1-4H3,(H,17,19). The van der Waals surface area contributed by atoms with E-state index in [4.69, 9.17) is 9.57 Å². The van der Waals surface area contributed by atoms with Gasteiger partial charge in [0, 0.05) is 13.1 Å². The predicted octanol–water partition coefficient (Wildman–Crippen LogP) is 1.49. The Morgan fingerprint density at radius 2 is 2.04 bits per heavy atom. The Hall–Kier alpha value is -0.990. The number of rotatable bonds is 4. The van der Waals surface area contributed by atoms with E-state index in [0.29, 0.717) is 25.9 Å². The lowest BCUT2D eigenvalue weighted by molar-refractivity contribution is -0.160. The van der Waals surface area contributed by atoms with Crippen LogP contribution in [0.25, 0.3) is 0 Å². The lowest BCUT2D eigenvalue weighted by Crippen LogP contribution is -2.57. The van der Waals surface area contributed by atoms with Gasteiger partial charge in [0.25, 0.3) is 0 Å². The number of ether oxygens (including phenoxy) is 1. The molecule has 1 amide bonds. The number of piperidine rings is 1. The normalized spacial score (nSPS) is 24.5. The van der Waals surface area contributed by atoms with E-state index in [0.717, 1.165) is 12.2 Å². The van der Waals surface area contributed by atoms with Crippen LogP contribution in [0.4, 0.5) is 4.79 Å². The molecule has 0 radical (unpaired) electrons. The minimum Gasteiger partial charge on any atom is -0.427 e. The SMILES string of the molecule is CSCCC1NC2(CCN(OC(=O)OC(C)(C)C)CC2)NC1=O. The molecule has 0 aromatic heterocycles. The van der Waals surface area contributed by atoms with Gasteiger partial charge < -0.3 is 14.9 Å². The molecule has 0 aliphatic carbocycles. The van der Waals surface area contributed by atoms with Crippen LogP contribution < -0.4 is 10.6 Å². The highest BCUT2D eigenvalue weighted by Gasteiger charge is 2.45. The van der Waals surface area contributed by atoms with E-state index in [9.17, 15) is 9.59 Å². The second-order valence-corrected chi connectivity index (χ2v) is 8.02. The Bertz CT molecular complexity index is 444. The minimum absolute atomic E-state index is 0.0700. The lowest BCUT2D eigenvalue weighted by atomic mass is 9.99. The molecule has 2 fully saturated rings. The first-order chi connectivity index (χ1) is 10.7. The molecule has 0 bridgehead atoms. The van der Waals surface area contributed by atoms with Gasteiger partial charge in [-0.1, -0.05) is 0 Å². The van der Waals surface area contributed by atoms with E-state index in [-0.39, 0.29) is 17.6 Å². The van der Waals surface area contributed by atoms with Crippen molar-refractivity contribution in [3.8, 4) is 0 Å². The molecule has 23 heavy (non-hydrogen) atoms. The van der Waals surface area contributed by atoms with Crippen molar-refractivity contribution >= 4 is 23.8 Å². The van der Waals surface area contributed by atoms with Crippen molar-refractivity contribution in [1.29, 1.82) is 0 Å². The van der Waals surface area contributed by atoms with Gasteiger partial charge in [0.15, 0.2) is 0 Å². The number of amides is 1. The van der Waals surface area contributed by atoms with Gasteiger partial charge in [-0.15, -0.1) is 5.06 Å². The Morgan fingerprint density at radius 3 is 2.61 bits per heavy atom. The largest absolute Gasteiger partial charge is 0.528 e. The molecular formula is C15H27N3O4S. The van der Waals surface area contributed by atoms with Crippen LogP contribution in [0.5, 0.6) is 0 Å². The van der Waals surface area contributed by atoms with Crippen molar-refractivity contribution in [1.82, 2.24) is 15.7 Å². The molecule has 2 rings (SSSR count). The molecule has 1 spiro atoms. The van der Waals surface area contributed by atoms with Crippen LogP contribution in [-0.2, 0) is 14.4 Å². The molecule has 0 aromatic rings. The highest BCUT2D eigenvalue weighted by Crippen LogP contribution is 2.26. The summed E-state index contributed by atoms with van der Waals surface area (Å²) in [4.78, 5) is 29.0. The second kappa shape index (κ2) is 7.27. The maximum absolute atomic E-state index is 12.1. The Morgan fingerprint density at radius 1 is 1.39 bits per heavy atom. The quantitative estimate of drug-likeness (QED) is 0.747. The summed E-state index contributed by atoms with van der Waals surface area (Å²) < 4.78 is 5.15. The van der Waals surface area contributed by atoms with Crippen molar-refractivity contribution in [2.45, 2.75) is 57.3 Å². The third kappa shape index (κ3) is 5.26. The van der Waals surface area contributed by atoms with Crippen LogP contribution in [0, 0.1) is 0 Å². The van der Waals surface area contributed by atoms with Crippen molar-refractivity contribution in [2.75, 3.05) is 25.1 Å². The summed E-state index contributed by atoms with van der Waals surface area (Å²) in [6, 6.07) is -0.124. The molecule has 2 aliphatic heterocycles. The summed E-state index contributed by atoms with van der Waals surface area (Å²) in [5.41, 5.74) is -0.937. The van der Waals surface area contributed by atoms with E-state index < -0.39 is 11.8 Å². The van der Waals surface area contributed by atoms with E-state index in [1.807, 2.05) is 6.26 Å². The predicted molar refractivity (Wildman–Crippen MR) is 88.9 cm³/mol. The number of hydroxylamine groups is 2. The number of nitrogens with one attached hydrogen (secondary N) is 2. The first kappa shape index (κ1) is 18.4. The van der Waals surface area contributed by atoms with Gasteiger partial charge in [-0.05, 0) is 52.0 Å². The molecular weight excluding hydrogens is 318 g/mol. The van der Waals surface area contributed by atoms with Gasteiger partial charge in [-0.3, -0.25) is 10.1 Å². The van der Waals surface area contributed by atoms with E-state index in [2.05, 4.69) is 10.6 Å². The summed E-state index contributed by atoms with van der Waals surface area (Å²) in [7, 11) is 0. The summed E-state index contributed by atoms with van der Waals surface area (Å²) in [5, 5.41) is 8.11. The van der Waals surface area contributed by atoms with Gasteiger partial charge in [0.1, 0.15) is 5.60 Å². The van der Waals surface area contributed by atoms with Gasteiger partial charge >= 0.3 is 6.16 Å². The molecule has 1 atom stereocenters. The Kier molecular flexibility index (Phi) is 5.80. The van der Waals surface area contributed by atoms with Gasteiger partial charge in [0.2, 0.25) is 5.91 Å². The monoisotopic (exact) mass is 345 g/mol. The fourth-order valence-electron chi connectivity index (χ4n) is 2.80. The number of hydrogen-bond donors (Lipinski definition) is 2. The zero-order valence-corrected chi connectivity index (χ0v) is 15.1. The van der Waals surface area contributed by atoms with Crippen molar-refractivity contribution in [2.24, 2.45) is 0 Å². The Labute approximate surface area is 141 Å². The van der Waals surface area contributed by atoms with E-state index in [1.165, 1.54) is 0 Å². The summed E-state index contributed by atoms with van der Waals surface area (Å²) in [5.74, 6) is 1.02. The molecule has 7 nitrogen and oxygen atoms in total. The van der Waals surface area contributed by atoms with Gasteiger partial charge in [-0.2, -0.15) is 11.8 Å². The molecule has 2 heterocycles. The van der Waals surface area contributed by atoms with Crippen molar-refractivity contribution in [3.05, 3.63) is 0 Å². The number of carbonyl (C=O) groups is 2. The summed E-state index contributed by atoms with van der Waals surface area (Å²) in [6.07, 6.45) is 3.56. The van der Waals surface area contributed by atoms with E-state index >= 15 is 0 Å². The molecule has 0 aromatic carbocycles. The third-order valence-electron chi connectivity index (χ3n) is 3.91. The average Bonchev–Trinajstić information content (AvgIpc) is 2.73. The maximum atomic E-state index is 12.1. The van der Waals surface area contributed by atoms with Crippen LogP contribution in [0.1, 0.15) is 40.0 Å². The first-order valence-corrected chi connectivity index (χ1v) is 9.37. The minimum atomic E-state index is -0.685. The number of carbonyl (C=O) groups excluding carboxylic acids is 2. The number of nitrogens with zero attached hydrogens (tertiary/aromatic N) is 1. The zero-order valence-electron chi connectivity index (χ0n) is 14.3. The fourth-order valence-corrected chi connectivity index (χ4v) is 3.27. The molecule has 8 heteroatoms. The molecule has 132 valence electrons. The number of thioether (sulfide) groups is 1. The van der Waals surface area contributed by atoms with Crippen LogP contribution >= 0.6 is 11.8 Å². The topological polar surface area (TPSA) is 79.9 Å². The third-order valence-corrected chi connectivity index (χ3v) is 4.55. The lowest BCUT2D eigenvalue weighted by Gasteiger charge is -2.38. The summed E-state index contributed by atoms with van der Waals surface area (Å²) >= 11 is 1.74. The molecule has 0 saturated carbocycles. The number of hydrogen-bond acceptors (Lipinski definition) is 7. The smallest absolute Gasteiger partial charge is 0.427 e. The summed E-state index contributed by atoms with van der Waals surface area (Å²) in [6.45, 7) is 6.51. The second-order valence-electron chi connectivity index (χ2n) is 7.03. The van der Waals surface area contributed by atoms with Crippen molar-refractivity contribution in [3.63, 3.8) is 0 Å². The molecule has 2 saturated heterocycles. The van der Waals surface area contributed by atoms with E-state index in [1.54, 1.807) is 37.6 Å².